The number of anilines is 1. The van der Waals surface area contributed by atoms with Gasteiger partial charge in [-0.15, -0.1) is 0 Å². The SMILES string of the molecule is Cc1ccc(S(=O)(=O)N(CC(=O)N(Cc2ccccc2Cl)[C@H](Cc2ccccc2)C(=O)NC2CCCCC2)c2ccc(Cl)cc2C)cc1. The van der Waals surface area contributed by atoms with Crippen molar-refractivity contribution in [1.82, 2.24) is 10.2 Å². The minimum atomic E-state index is -4.23. The summed E-state index contributed by atoms with van der Waals surface area (Å²) in [4.78, 5) is 30.5. The number of carbonyl (C=O) groups excluding carboxylic acids is 2. The quantitative estimate of drug-likeness (QED) is 0.162. The third-order valence-electron chi connectivity index (χ3n) is 8.84. The highest BCUT2D eigenvalue weighted by Gasteiger charge is 2.36. The van der Waals surface area contributed by atoms with Crippen LogP contribution in [0.4, 0.5) is 5.69 Å². The molecule has 0 radical (unpaired) electrons. The third-order valence-corrected chi connectivity index (χ3v) is 11.2. The first kappa shape index (κ1) is 35.5. The monoisotopic (exact) mass is 705 g/mol. The largest absolute Gasteiger partial charge is 0.352 e. The molecule has 0 heterocycles. The molecule has 5 rings (SSSR count). The lowest BCUT2D eigenvalue weighted by Crippen LogP contribution is -2.55. The molecule has 0 spiro atoms. The summed E-state index contributed by atoms with van der Waals surface area (Å²) in [6.45, 7) is 3.08. The number of hydrogen-bond donors (Lipinski definition) is 1. The summed E-state index contributed by atoms with van der Waals surface area (Å²) in [5.41, 5.74) is 3.32. The van der Waals surface area contributed by atoms with Gasteiger partial charge in [-0.2, -0.15) is 0 Å². The fourth-order valence-electron chi connectivity index (χ4n) is 6.16. The summed E-state index contributed by atoms with van der Waals surface area (Å²) in [6.07, 6.45) is 5.18. The summed E-state index contributed by atoms with van der Waals surface area (Å²) in [5.74, 6) is -0.818. The molecule has 1 fully saturated rings. The highest BCUT2D eigenvalue weighted by atomic mass is 35.5. The van der Waals surface area contributed by atoms with Gasteiger partial charge in [-0.1, -0.05) is 109 Å². The van der Waals surface area contributed by atoms with Crippen molar-refractivity contribution in [2.24, 2.45) is 0 Å². The Morgan fingerprint density at radius 2 is 1.52 bits per heavy atom. The van der Waals surface area contributed by atoms with Gasteiger partial charge in [-0.25, -0.2) is 8.42 Å². The topological polar surface area (TPSA) is 86.8 Å². The van der Waals surface area contributed by atoms with Gasteiger partial charge in [0.05, 0.1) is 10.6 Å². The molecule has 2 amide bonds. The number of hydrogen-bond acceptors (Lipinski definition) is 4. The standard InChI is InChI=1S/C38H41Cl2N3O4S/c1-27-17-20-33(21-18-27)48(46,47)43(35-22-19-31(39)23-28(35)2)26-37(44)42(25-30-13-9-10-16-34(30)40)36(24-29-11-5-3-6-12-29)38(45)41-32-14-7-4-8-15-32/h3,5-6,9-13,16-23,32,36H,4,7-8,14-15,24-26H2,1-2H3,(H,41,45)/t36-/m1/s1. The molecule has 1 atom stereocenters. The molecule has 7 nitrogen and oxygen atoms in total. The second-order valence-corrected chi connectivity index (χ2v) is 15.1. The van der Waals surface area contributed by atoms with Crippen molar-refractivity contribution in [3.05, 3.63) is 129 Å². The molecule has 1 aliphatic rings. The van der Waals surface area contributed by atoms with Gasteiger partial charge in [0.15, 0.2) is 0 Å². The summed E-state index contributed by atoms with van der Waals surface area (Å²) in [6, 6.07) is 27.1. The van der Waals surface area contributed by atoms with Gasteiger partial charge in [-0.3, -0.25) is 13.9 Å². The van der Waals surface area contributed by atoms with Crippen LogP contribution in [0.25, 0.3) is 0 Å². The molecule has 0 unspecified atom stereocenters. The molecule has 0 saturated heterocycles. The van der Waals surface area contributed by atoms with Crippen molar-refractivity contribution in [1.29, 1.82) is 0 Å². The Hall–Kier alpha value is -3.85. The molecule has 1 aliphatic carbocycles. The molecule has 48 heavy (non-hydrogen) atoms. The van der Waals surface area contributed by atoms with Crippen molar-refractivity contribution in [2.75, 3.05) is 10.8 Å². The van der Waals surface area contributed by atoms with Gasteiger partial charge in [0.1, 0.15) is 12.6 Å². The predicted molar refractivity (Wildman–Crippen MR) is 193 cm³/mol. The van der Waals surface area contributed by atoms with E-state index in [1.165, 1.54) is 17.0 Å². The summed E-state index contributed by atoms with van der Waals surface area (Å²) in [5, 5.41) is 4.11. The van der Waals surface area contributed by atoms with E-state index in [1.54, 1.807) is 49.4 Å². The van der Waals surface area contributed by atoms with Gasteiger partial charge in [-0.05, 0) is 79.8 Å². The third kappa shape index (κ3) is 8.78. The van der Waals surface area contributed by atoms with E-state index in [-0.39, 0.29) is 29.8 Å². The minimum Gasteiger partial charge on any atom is -0.352 e. The molecule has 0 aliphatic heterocycles. The van der Waals surface area contributed by atoms with E-state index in [0.717, 1.165) is 47.5 Å². The molecule has 4 aromatic carbocycles. The average Bonchev–Trinajstić information content (AvgIpc) is 3.07. The average molecular weight is 707 g/mol. The van der Waals surface area contributed by atoms with Crippen LogP contribution in [0.1, 0.15) is 54.4 Å². The zero-order valence-electron chi connectivity index (χ0n) is 27.2. The second kappa shape index (κ2) is 16.0. The Balaban J connectivity index is 1.59. The Bertz CT molecular complexity index is 1830. The van der Waals surface area contributed by atoms with E-state index in [2.05, 4.69) is 5.32 Å². The summed E-state index contributed by atoms with van der Waals surface area (Å²) in [7, 11) is -4.23. The van der Waals surface area contributed by atoms with E-state index in [4.69, 9.17) is 23.2 Å². The first-order valence-electron chi connectivity index (χ1n) is 16.3. The fourth-order valence-corrected chi connectivity index (χ4v) is 8.06. The van der Waals surface area contributed by atoms with Crippen molar-refractivity contribution in [2.45, 2.75) is 75.9 Å². The van der Waals surface area contributed by atoms with Crippen molar-refractivity contribution in [3.8, 4) is 0 Å². The predicted octanol–water partition coefficient (Wildman–Crippen LogP) is 7.89. The first-order chi connectivity index (χ1) is 23.0. The Kier molecular flexibility index (Phi) is 11.8. The zero-order chi connectivity index (χ0) is 34.3. The number of amides is 2. The number of halogens is 2. The van der Waals surface area contributed by atoms with Gasteiger partial charge in [0, 0.05) is 29.1 Å². The molecule has 10 heteroatoms. The molecule has 4 aromatic rings. The smallest absolute Gasteiger partial charge is 0.264 e. The van der Waals surface area contributed by atoms with Crippen LogP contribution in [0.3, 0.4) is 0 Å². The van der Waals surface area contributed by atoms with E-state index < -0.39 is 28.5 Å². The van der Waals surface area contributed by atoms with Gasteiger partial charge in [0.25, 0.3) is 10.0 Å². The Morgan fingerprint density at radius 3 is 2.19 bits per heavy atom. The van der Waals surface area contributed by atoms with E-state index >= 15 is 0 Å². The second-order valence-electron chi connectivity index (χ2n) is 12.4. The number of sulfonamides is 1. The van der Waals surface area contributed by atoms with Gasteiger partial charge in [0.2, 0.25) is 11.8 Å². The number of aryl methyl sites for hydroxylation is 2. The van der Waals surface area contributed by atoms with Crippen molar-refractivity contribution < 1.29 is 18.0 Å². The zero-order valence-corrected chi connectivity index (χ0v) is 29.6. The van der Waals surface area contributed by atoms with Crippen molar-refractivity contribution >= 4 is 50.7 Å². The lowest BCUT2D eigenvalue weighted by molar-refractivity contribution is -0.140. The molecule has 0 bridgehead atoms. The fraction of sp³-hybridized carbons (Fsp3) is 0.316. The van der Waals surface area contributed by atoms with E-state index in [1.807, 2.05) is 49.4 Å². The minimum absolute atomic E-state index is 0.00606. The van der Waals surface area contributed by atoms with Crippen LogP contribution in [0.2, 0.25) is 10.0 Å². The lowest BCUT2D eigenvalue weighted by atomic mass is 9.94. The molecule has 0 aromatic heterocycles. The normalized spacial score (nSPS) is 14.2. The van der Waals surface area contributed by atoms with Crippen LogP contribution in [0.15, 0.2) is 102 Å². The molecule has 1 N–H and O–H groups in total. The summed E-state index contributed by atoms with van der Waals surface area (Å²) < 4.78 is 29.8. The highest BCUT2D eigenvalue weighted by molar-refractivity contribution is 7.92. The maximum Gasteiger partial charge on any atom is 0.264 e. The first-order valence-corrected chi connectivity index (χ1v) is 18.5. The molecule has 252 valence electrons. The van der Waals surface area contributed by atoms with Crippen LogP contribution in [-0.2, 0) is 32.6 Å². The van der Waals surface area contributed by atoms with E-state index in [9.17, 15) is 18.0 Å². The highest BCUT2D eigenvalue weighted by Crippen LogP contribution is 2.30. The molecule has 1 saturated carbocycles. The van der Waals surface area contributed by atoms with Crippen LogP contribution in [0.5, 0.6) is 0 Å². The Morgan fingerprint density at radius 1 is 0.854 bits per heavy atom. The molecular formula is C38H41Cl2N3O4S. The van der Waals surface area contributed by atoms with Crippen LogP contribution >= 0.6 is 23.2 Å². The number of benzene rings is 4. The van der Waals surface area contributed by atoms with Gasteiger partial charge >= 0.3 is 0 Å². The number of carbonyl (C=O) groups is 2. The summed E-state index contributed by atoms with van der Waals surface area (Å²) >= 11 is 12.9. The van der Waals surface area contributed by atoms with Gasteiger partial charge < -0.3 is 10.2 Å². The Labute approximate surface area is 293 Å². The number of rotatable bonds is 12. The van der Waals surface area contributed by atoms with E-state index in [0.29, 0.717) is 26.9 Å². The maximum absolute atomic E-state index is 14.8. The lowest BCUT2D eigenvalue weighted by Gasteiger charge is -2.35. The number of nitrogens with one attached hydrogen (secondary N) is 1. The van der Waals surface area contributed by atoms with Crippen LogP contribution in [-0.4, -0.2) is 43.8 Å². The van der Waals surface area contributed by atoms with Crippen LogP contribution in [0, 0.1) is 13.8 Å². The van der Waals surface area contributed by atoms with Crippen LogP contribution < -0.4 is 9.62 Å². The maximum atomic E-state index is 14.8. The number of nitrogens with zero attached hydrogens (tertiary/aromatic N) is 2. The van der Waals surface area contributed by atoms with Crippen molar-refractivity contribution in [3.63, 3.8) is 0 Å². The molecular weight excluding hydrogens is 665 g/mol.